The molecular weight excluding hydrogens is 296 g/mol. The van der Waals surface area contributed by atoms with Gasteiger partial charge in [0.15, 0.2) is 0 Å². The predicted octanol–water partition coefficient (Wildman–Crippen LogP) is 3.32. The summed E-state index contributed by atoms with van der Waals surface area (Å²) in [6, 6.07) is 0.262. The summed E-state index contributed by atoms with van der Waals surface area (Å²) >= 11 is 7.49. The average Bonchev–Trinajstić information content (AvgIpc) is 2.94. The first kappa shape index (κ1) is 17.9. The molecule has 1 atom stereocenters. The Kier molecular flexibility index (Phi) is 9.39. The molecule has 0 spiro atoms. The molecule has 20 heavy (non-hydrogen) atoms. The molecule has 0 saturated heterocycles. The fourth-order valence-corrected chi connectivity index (χ4v) is 3.02. The van der Waals surface area contributed by atoms with E-state index < -0.39 is 0 Å². The molecule has 1 aromatic rings. The van der Waals surface area contributed by atoms with Crippen molar-refractivity contribution in [3.63, 3.8) is 0 Å². The van der Waals surface area contributed by atoms with Gasteiger partial charge in [0.1, 0.15) is 5.01 Å². The maximum Gasteiger partial charge on any atom is 0.110 e. The summed E-state index contributed by atoms with van der Waals surface area (Å²) in [5.74, 6) is 0.473. The zero-order valence-corrected chi connectivity index (χ0v) is 14.2. The molecule has 6 heteroatoms. The second-order valence-electron chi connectivity index (χ2n) is 4.42. The first-order valence-electron chi connectivity index (χ1n) is 7.12. The fourth-order valence-electron chi connectivity index (χ4n) is 1.88. The number of rotatable bonds is 11. The molecule has 1 aromatic heterocycles. The lowest BCUT2D eigenvalue weighted by Crippen LogP contribution is -2.33. The lowest BCUT2D eigenvalue weighted by Gasteiger charge is -2.27. The van der Waals surface area contributed by atoms with E-state index in [0.717, 1.165) is 50.2 Å². The smallest absolute Gasteiger partial charge is 0.110 e. The molecule has 0 radical (unpaired) electrons. The van der Waals surface area contributed by atoms with E-state index in [0.29, 0.717) is 5.88 Å². The van der Waals surface area contributed by atoms with Gasteiger partial charge in [0, 0.05) is 31.7 Å². The summed E-state index contributed by atoms with van der Waals surface area (Å²) in [4.78, 5) is 6.92. The summed E-state index contributed by atoms with van der Waals surface area (Å²) in [6.07, 6.45) is 0. The summed E-state index contributed by atoms with van der Waals surface area (Å²) < 4.78 is 10.9. The molecule has 0 amide bonds. The van der Waals surface area contributed by atoms with Crippen molar-refractivity contribution >= 4 is 22.9 Å². The highest BCUT2D eigenvalue weighted by Gasteiger charge is 2.18. The van der Waals surface area contributed by atoms with Crippen molar-refractivity contribution in [2.24, 2.45) is 0 Å². The Morgan fingerprint density at radius 1 is 1.25 bits per heavy atom. The van der Waals surface area contributed by atoms with Gasteiger partial charge in [-0.05, 0) is 20.8 Å². The van der Waals surface area contributed by atoms with E-state index in [1.54, 1.807) is 11.3 Å². The summed E-state index contributed by atoms with van der Waals surface area (Å²) in [5.41, 5.74) is 0.952. The minimum Gasteiger partial charge on any atom is -0.380 e. The highest BCUT2D eigenvalue weighted by Crippen LogP contribution is 2.24. The van der Waals surface area contributed by atoms with Gasteiger partial charge in [-0.1, -0.05) is 0 Å². The quantitative estimate of drug-likeness (QED) is 0.463. The van der Waals surface area contributed by atoms with E-state index in [-0.39, 0.29) is 6.04 Å². The lowest BCUT2D eigenvalue weighted by atomic mass is 10.3. The van der Waals surface area contributed by atoms with Crippen LogP contribution in [-0.2, 0) is 15.4 Å². The number of hydrogen-bond acceptors (Lipinski definition) is 5. The molecule has 0 fully saturated rings. The molecule has 1 unspecified atom stereocenters. The van der Waals surface area contributed by atoms with Crippen LogP contribution in [0.1, 0.15) is 37.5 Å². The average molecular weight is 321 g/mol. The molecule has 0 aliphatic rings. The van der Waals surface area contributed by atoms with Crippen LogP contribution in [0.2, 0.25) is 0 Å². The van der Waals surface area contributed by atoms with Crippen LogP contribution in [0.3, 0.4) is 0 Å². The van der Waals surface area contributed by atoms with Gasteiger partial charge in [0.2, 0.25) is 0 Å². The van der Waals surface area contributed by atoms with Crippen LogP contribution in [0.5, 0.6) is 0 Å². The van der Waals surface area contributed by atoms with Crippen LogP contribution >= 0.6 is 22.9 Å². The normalized spacial score (nSPS) is 13.1. The third-order valence-electron chi connectivity index (χ3n) is 3.07. The monoisotopic (exact) mass is 320 g/mol. The van der Waals surface area contributed by atoms with E-state index in [4.69, 9.17) is 21.1 Å². The molecule has 0 N–H and O–H groups in total. The van der Waals surface area contributed by atoms with Gasteiger partial charge < -0.3 is 9.47 Å². The molecule has 0 bridgehead atoms. The standard InChI is InChI=1S/C14H25ClN2O2S/c1-4-18-8-6-17(7-9-19-5-2)12(3)14-16-13(10-15)11-20-14/h11-12H,4-10H2,1-3H3. The number of halogens is 1. The van der Waals surface area contributed by atoms with Crippen LogP contribution in [0.4, 0.5) is 0 Å². The second kappa shape index (κ2) is 10.5. The highest BCUT2D eigenvalue weighted by molar-refractivity contribution is 7.09. The van der Waals surface area contributed by atoms with Gasteiger partial charge >= 0.3 is 0 Å². The predicted molar refractivity (Wildman–Crippen MR) is 84.6 cm³/mol. The van der Waals surface area contributed by atoms with E-state index >= 15 is 0 Å². The largest absolute Gasteiger partial charge is 0.380 e. The zero-order valence-electron chi connectivity index (χ0n) is 12.6. The van der Waals surface area contributed by atoms with E-state index in [9.17, 15) is 0 Å². The molecule has 116 valence electrons. The number of thiazole rings is 1. The first-order valence-corrected chi connectivity index (χ1v) is 8.54. The van der Waals surface area contributed by atoms with Crippen molar-refractivity contribution in [1.82, 2.24) is 9.88 Å². The van der Waals surface area contributed by atoms with Gasteiger partial charge in [0.05, 0.1) is 30.8 Å². The summed E-state index contributed by atoms with van der Waals surface area (Å²) in [5, 5.41) is 3.14. The Bertz CT molecular complexity index is 353. The molecular formula is C14H25ClN2O2S. The Hall–Kier alpha value is -0.200. The topological polar surface area (TPSA) is 34.6 Å². The highest BCUT2D eigenvalue weighted by atomic mass is 35.5. The van der Waals surface area contributed by atoms with E-state index in [2.05, 4.69) is 16.8 Å². The molecule has 0 aliphatic heterocycles. The summed E-state index contributed by atoms with van der Waals surface area (Å²) in [6.45, 7) is 11.0. The van der Waals surface area contributed by atoms with Crippen LogP contribution in [0.25, 0.3) is 0 Å². The van der Waals surface area contributed by atoms with Gasteiger partial charge in [0.25, 0.3) is 0 Å². The zero-order chi connectivity index (χ0) is 14.8. The first-order chi connectivity index (χ1) is 9.72. The third kappa shape index (κ3) is 6.06. The van der Waals surface area contributed by atoms with Crippen molar-refractivity contribution in [2.75, 3.05) is 39.5 Å². The minimum atomic E-state index is 0.262. The molecule has 1 rings (SSSR count). The second-order valence-corrected chi connectivity index (χ2v) is 5.57. The SMILES string of the molecule is CCOCCN(CCOCC)C(C)c1nc(CCl)cs1. The molecule has 0 aromatic carbocycles. The van der Waals surface area contributed by atoms with Gasteiger partial charge in [-0.15, -0.1) is 22.9 Å². The van der Waals surface area contributed by atoms with Crippen molar-refractivity contribution in [2.45, 2.75) is 32.7 Å². The molecule has 4 nitrogen and oxygen atoms in total. The van der Waals surface area contributed by atoms with Crippen LogP contribution in [0, 0.1) is 0 Å². The number of hydrogen-bond donors (Lipinski definition) is 0. The number of aromatic nitrogens is 1. The van der Waals surface area contributed by atoms with Gasteiger partial charge in [-0.3, -0.25) is 4.90 Å². The van der Waals surface area contributed by atoms with Gasteiger partial charge in [-0.2, -0.15) is 0 Å². The maximum atomic E-state index is 5.82. The van der Waals surface area contributed by atoms with Crippen LogP contribution in [-0.4, -0.2) is 49.4 Å². The molecule has 0 saturated carbocycles. The van der Waals surface area contributed by atoms with Crippen molar-refractivity contribution < 1.29 is 9.47 Å². The van der Waals surface area contributed by atoms with Crippen molar-refractivity contribution in [3.05, 3.63) is 16.1 Å². The molecule has 1 heterocycles. The Balaban J connectivity index is 2.58. The Morgan fingerprint density at radius 3 is 2.30 bits per heavy atom. The van der Waals surface area contributed by atoms with Crippen LogP contribution in [0.15, 0.2) is 5.38 Å². The van der Waals surface area contributed by atoms with Crippen molar-refractivity contribution in [1.29, 1.82) is 0 Å². The number of ether oxygens (including phenoxy) is 2. The van der Waals surface area contributed by atoms with E-state index in [1.807, 2.05) is 19.2 Å². The molecule has 0 aliphatic carbocycles. The number of nitrogens with zero attached hydrogens (tertiary/aromatic N) is 2. The fraction of sp³-hybridized carbons (Fsp3) is 0.786. The summed E-state index contributed by atoms with van der Waals surface area (Å²) in [7, 11) is 0. The number of alkyl halides is 1. The van der Waals surface area contributed by atoms with Gasteiger partial charge in [-0.25, -0.2) is 4.98 Å². The van der Waals surface area contributed by atoms with Crippen molar-refractivity contribution in [3.8, 4) is 0 Å². The minimum absolute atomic E-state index is 0.262. The third-order valence-corrected chi connectivity index (χ3v) is 4.40. The lowest BCUT2D eigenvalue weighted by molar-refractivity contribution is 0.0660. The Labute approximate surface area is 131 Å². The van der Waals surface area contributed by atoms with Crippen LogP contribution < -0.4 is 0 Å². The van der Waals surface area contributed by atoms with E-state index in [1.165, 1.54) is 0 Å². The maximum absolute atomic E-state index is 5.82. The Morgan fingerprint density at radius 2 is 1.85 bits per heavy atom.